The largest absolute Gasteiger partial charge is 0.395 e. The molecule has 2 rings (SSSR count). The first-order valence-corrected chi connectivity index (χ1v) is 6.42. The number of nitrogens with zero attached hydrogens (tertiary/aromatic N) is 2. The first-order valence-electron chi connectivity index (χ1n) is 6.42. The molecule has 0 atom stereocenters. The van der Waals surface area contributed by atoms with Crippen LogP contribution in [0.25, 0.3) is 11.0 Å². The number of pyridine rings is 1. The van der Waals surface area contributed by atoms with Gasteiger partial charge in [-0.2, -0.15) is 5.10 Å². The van der Waals surface area contributed by atoms with Crippen LogP contribution in [-0.2, 0) is 9.59 Å². The molecular formula is C12H16N6O3. The van der Waals surface area contributed by atoms with Gasteiger partial charge in [0.1, 0.15) is 5.82 Å². The van der Waals surface area contributed by atoms with Gasteiger partial charge in [0.25, 0.3) is 0 Å². The fourth-order valence-electron chi connectivity index (χ4n) is 1.66. The summed E-state index contributed by atoms with van der Waals surface area (Å²) >= 11 is 0. The van der Waals surface area contributed by atoms with Crippen molar-refractivity contribution in [3.63, 3.8) is 0 Å². The number of aromatic amines is 1. The van der Waals surface area contributed by atoms with Crippen LogP contribution in [0.5, 0.6) is 0 Å². The quantitative estimate of drug-likeness (QED) is 0.328. The smallest absolute Gasteiger partial charge is 0.314 e. The van der Waals surface area contributed by atoms with E-state index < -0.39 is 11.8 Å². The first kappa shape index (κ1) is 14.9. The number of hydrogen-bond donors (Lipinski definition) is 5. The van der Waals surface area contributed by atoms with Gasteiger partial charge in [-0.05, 0) is 12.1 Å². The van der Waals surface area contributed by atoms with Gasteiger partial charge >= 0.3 is 11.8 Å². The molecule has 9 heteroatoms. The Bertz CT molecular complexity index is 626. The number of aliphatic hydroxyl groups excluding tert-OH is 1. The highest BCUT2D eigenvalue weighted by Crippen LogP contribution is 2.17. The van der Waals surface area contributed by atoms with Crippen LogP contribution in [0.2, 0.25) is 0 Å². The zero-order valence-corrected chi connectivity index (χ0v) is 11.2. The summed E-state index contributed by atoms with van der Waals surface area (Å²) in [5.74, 6) is -1.20. The van der Waals surface area contributed by atoms with E-state index in [-0.39, 0.29) is 13.2 Å². The molecule has 2 aromatic heterocycles. The number of carbonyl (C=O) groups is 2. The van der Waals surface area contributed by atoms with E-state index in [1.165, 1.54) is 0 Å². The van der Waals surface area contributed by atoms with Crippen molar-refractivity contribution < 1.29 is 14.7 Å². The molecular weight excluding hydrogens is 276 g/mol. The molecule has 0 aliphatic rings. The summed E-state index contributed by atoms with van der Waals surface area (Å²) in [6, 6.07) is 3.44. The van der Waals surface area contributed by atoms with Gasteiger partial charge in [0.2, 0.25) is 0 Å². The Labute approximate surface area is 120 Å². The molecule has 0 saturated heterocycles. The van der Waals surface area contributed by atoms with Crippen molar-refractivity contribution in [2.24, 2.45) is 0 Å². The lowest BCUT2D eigenvalue weighted by Crippen LogP contribution is -2.39. The van der Waals surface area contributed by atoms with Crippen LogP contribution in [-0.4, -0.2) is 58.3 Å². The Kier molecular flexibility index (Phi) is 5.18. The van der Waals surface area contributed by atoms with E-state index in [0.717, 1.165) is 0 Å². The minimum absolute atomic E-state index is 0.0232. The van der Waals surface area contributed by atoms with Gasteiger partial charge in [0.15, 0.2) is 5.65 Å². The van der Waals surface area contributed by atoms with Crippen molar-refractivity contribution in [2.75, 3.05) is 31.6 Å². The maximum absolute atomic E-state index is 11.7. The third-order valence-electron chi connectivity index (χ3n) is 2.65. The fourth-order valence-corrected chi connectivity index (χ4v) is 1.66. The highest BCUT2D eigenvalue weighted by Gasteiger charge is 2.15. The Hall–Kier alpha value is -2.52. The second kappa shape index (κ2) is 7.31. The molecule has 2 heterocycles. The van der Waals surface area contributed by atoms with Crippen LogP contribution in [0.3, 0.4) is 0 Å². The summed E-state index contributed by atoms with van der Waals surface area (Å²) in [5.41, 5.74) is 0.460. The van der Waals surface area contributed by atoms with E-state index in [9.17, 15) is 9.59 Å². The minimum Gasteiger partial charge on any atom is -0.395 e. The van der Waals surface area contributed by atoms with Crippen molar-refractivity contribution in [1.82, 2.24) is 25.8 Å². The van der Waals surface area contributed by atoms with Crippen molar-refractivity contribution in [3.05, 3.63) is 18.3 Å². The molecule has 112 valence electrons. The number of rotatable bonds is 6. The molecule has 0 radical (unpaired) electrons. The summed E-state index contributed by atoms with van der Waals surface area (Å²) in [4.78, 5) is 27.3. The average molecular weight is 292 g/mol. The lowest BCUT2D eigenvalue weighted by atomic mass is 10.3. The molecule has 0 aromatic carbocycles. The molecule has 2 amide bonds. The second-order valence-electron chi connectivity index (χ2n) is 4.16. The minimum atomic E-state index is -0.786. The lowest BCUT2D eigenvalue weighted by Gasteiger charge is -2.06. The number of amides is 2. The molecule has 0 saturated carbocycles. The van der Waals surface area contributed by atoms with Gasteiger partial charge in [-0.15, -0.1) is 0 Å². The SMILES string of the molecule is O=C(NCCNCCO)C(=O)Nc1[nH]nc2ncccc12. The molecule has 0 fully saturated rings. The third-order valence-corrected chi connectivity index (χ3v) is 2.65. The zero-order valence-electron chi connectivity index (χ0n) is 11.2. The van der Waals surface area contributed by atoms with Crippen LogP contribution in [0.4, 0.5) is 5.82 Å². The lowest BCUT2D eigenvalue weighted by molar-refractivity contribution is -0.136. The van der Waals surface area contributed by atoms with Crippen molar-refractivity contribution in [2.45, 2.75) is 0 Å². The standard InChI is InChI=1S/C12H16N6O3/c19-7-6-13-4-5-15-11(20)12(21)16-10-8-2-1-3-14-9(8)17-18-10/h1-3,13,19H,4-7H2,(H,15,20)(H2,14,16,17,18,21). The number of H-pyrrole nitrogens is 1. The molecule has 0 aliphatic heterocycles. The van der Waals surface area contributed by atoms with Gasteiger partial charge < -0.3 is 21.1 Å². The predicted octanol–water partition coefficient (Wildman–Crippen LogP) is -1.41. The topological polar surface area (TPSA) is 132 Å². The van der Waals surface area contributed by atoms with Crippen molar-refractivity contribution in [3.8, 4) is 0 Å². The number of hydrogen-bond acceptors (Lipinski definition) is 6. The Morgan fingerprint density at radius 1 is 1.24 bits per heavy atom. The normalized spacial score (nSPS) is 10.5. The molecule has 9 nitrogen and oxygen atoms in total. The van der Waals surface area contributed by atoms with Gasteiger partial charge in [-0.1, -0.05) is 0 Å². The van der Waals surface area contributed by atoms with Crippen LogP contribution in [0.1, 0.15) is 0 Å². The Morgan fingerprint density at radius 3 is 2.90 bits per heavy atom. The summed E-state index contributed by atoms with van der Waals surface area (Å²) in [5, 5.41) is 23.5. The average Bonchev–Trinajstić information content (AvgIpc) is 2.90. The van der Waals surface area contributed by atoms with Crippen molar-refractivity contribution >= 4 is 28.7 Å². The number of fused-ring (bicyclic) bond motifs is 1. The third kappa shape index (κ3) is 3.97. The van der Waals surface area contributed by atoms with Gasteiger partial charge in [0.05, 0.1) is 12.0 Å². The van der Waals surface area contributed by atoms with E-state index >= 15 is 0 Å². The van der Waals surface area contributed by atoms with Gasteiger partial charge in [-0.25, -0.2) is 4.98 Å². The van der Waals surface area contributed by atoms with Gasteiger partial charge in [0, 0.05) is 25.8 Å². The number of nitrogens with one attached hydrogen (secondary N) is 4. The predicted molar refractivity (Wildman–Crippen MR) is 75.5 cm³/mol. The number of aromatic nitrogens is 3. The van der Waals surface area contributed by atoms with Crippen molar-refractivity contribution in [1.29, 1.82) is 0 Å². The number of anilines is 1. The summed E-state index contributed by atoms with van der Waals surface area (Å²) in [7, 11) is 0. The summed E-state index contributed by atoms with van der Waals surface area (Å²) in [6.07, 6.45) is 1.58. The van der Waals surface area contributed by atoms with Crippen LogP contribution < -0.4 is 16.0 Å². The molecule has 0 spiro atoms. The second-order valence-corrected chi connectivity index (χ2v) is 4.16. The molecule has 0 unspecified atom stereocenters. The Morgan fingerprint density at radius 2 is 2.10 bits per heavy atom. The number of carbonyl (C=O) groups excluding carboxylic acids is 2. The molecule has 21 heavy (non-hydrogen) atoms. The molecule has 5 N–H and O–H groups in total. The van der Waals surface area contributed by atoms with E-state index in [0.29, 0.717) is 29.9 Å². The van der Waals surface area contributed by atoms with Crippen LogP contribution in [0, 0.1) is 0 Å². The summed E-state index contributed by atoms with van der Waals surface area (Å²) < 4.78 is 0. The highest BCUT2D eigenvalue weighted by molar-refractivity contribution is 6.40. The van der Waals surface area contributed by atoms with Crippen LogP contribution >= 0.6 is 0 Å². The molecule has 2 aromatic rings. The fraction of sp³-hybridized carbons (Fsp3) is 0.333. The first-order chi connectivity index (χ1) is 10.2. The van der Waals surface area contributed by atoms with E-state index in [1.54, 1.807) is 18.3 Å². The zero-order chi connectivity index (χ0) is 15.1. The van der Waals surface area contributed by atoms with E-state index in [2.05, 4.69) is 31.1 Å². The van der Waals surface area contributed by atoms with E-state index in [4.69, 9.17) is 5.11 Å². The number of aliphatic hydroxyl groups is 1. The Balaban J connectivity index is 1.85. The maximum atomic E-state index is 11.7. The monoisotopic (exact) mass is 292 g/mol. The maximum Gasteiger partial charge on any atom is 0.314 e. The molecule has 0 aliphatic carbocycles. The van der Waals surface area contributed by atoms with Crippen LogP contribution in [0.15, 0.2) is 18.3 Å². The van der Waals surface area contributed by atoms with Gasteiger partial charge in [-0.3, -0.25) is 14.7 Å². The highest BCUT2D eigenvalue weighted by atomic mass is 16.3. The molecule has 0 bridgehead atoms. The summed E-state index contributed by atoms with van der Waals surface area (Å²) in [6.45, 7) is 1.22. The van der Waals surface area contributed by atoms with E-state index in [1.807, 2.05) is 0 Å².